The summed E-state index contributed by atoms with van der Waals surface area (Å²) in [5.41, 5.74) is 4.29. The molecule has 0 heterocycles. The molecule has 12 heteroatoms. The van der Waals surface area contributed by atoms with Crippen LogP contribution in [0.1, 0.15) is 41.5 Å². The number of nitrogens with two attached hydrogens (primary N) is 1. The summed E-state index contributed by atoms with van der Waals surface area (Å²) >= 11 is 0. The zero-order valence-corrected chi connectivity index (χ0v) is 17.3. The van der Waals surface area contributed by atoms with Crippen LogP contribution in [0.4, 0.5) is 0 Å². The van der Waals surface area contributed by atoms with Gasteiger partial charge in [0.1, 0.15) is 0 Å². The average Bonchev–Trinajstić information content (AvgIpc) is 2.57. The molecule has 0 aromatic carbocycles. The molecule has 160 valence electrons. The maximum atomic E-state index is 7.45. The van der Waals surface area contributed by atoms with Crippen molar-refractivity contribution in [2.45, 2.75) is 53.5 Å². The summed E-state index contributed by atoms with van der Waals surface area (Å²) < 4.78 is 22.5. The molecule has 0 amide bonds. The minimum Gasteiger partial charge on any atom is -0.338 e. The van der Waals surface area contributed by atoms with E-state index in [-0.39, 0.29) is 39.6 Å². The first kappa shape index (κ1) is 28.2. The molecule has 4 N–H and O–H groups in total. The molecule has 0 fully saturated rings. The summed E-state index contributed by atoms with van der Waals surface area (Å²) in [4.78, 5) is 35.6. The van der Waals surface area contributed by atoms with Crippen LogP contribution in [0, 0.1) is 0 Å². The van der Waals surface area contributed by atoms with E-state index in [2.05, 4.69) is 5.50 Å². The highest BCUT2D eigenvalue weighted by molar-refractivity contribution is 7.42. The van der Waals surface area contributed by atoms with Crippen molar-refractivity contribution >= 4 is 8.53 Å². The topological polar surface area (TPSA) is 140 Å². The Balaban J connectivity index is 0. The smallest absolute Gasteiger partial charge is 0.338 e. The number of hydrogen-bond acceptors (Lipinski definition) is 11. The van der Waals surface area contributed by atoms with Gasteiger partial charge >= 0.3 is 11.9 Å². The second-order valence-electron chi connectivity index (χ2n) is 4.14. The molecule has 0 spiro atoms. The lowest BCUT2D eigenvalue weighted by atomic mass is 10.4. The molecule has 0 aliphatic rings. The van der Waals surface area contributed by atoms with Crippen LogP contribution in [0.3, 0.4) is 0 Å². The zero-order chi connectivity index (χ0) is 20.5. The van der Waals surface area contributed by atoms with Gasteiger partial charge in [0.05, 0.1) is 39.6 Å². The Kier molecular flexibility index (Phi) is 18.6. The van der Waals surface area contributed by atoms with E-state index in [1.54, 1.807) is 41.5 Å². The van der Waals surface area contributed by atoms with E-state index in [9.17, 15) is 0 Å². The number of hydrogen-bond donors (Lipinski definition) is 3. The monoisotopic (exact) mass is 407 g/mol. The van der Waals surface area contributed by atoms with Crippen LogP contribution in [0.25, 0.3) is 0 Å². The normalized spacial score (nSPS) is 12.2. The van der Waals surface area contributed by atoms with Crippen LogP contribution >= 0.6 is 8.53 Å². The summed E-state index contributed by atoms with van der Waals surface area (Å²) in [6.45, 7) is 12.1. The van der Waals surface area contributed by atoms with Gasteiger partial charge in [0.25, 0.3) is 0 Å². The Morgan fingerprint density at radius 1 is 0.615 bits per heavy atom. The first-order valence-corrected chi connectivity index (χ1v) is 9.76. The molecule has 0 saturated heterocycles. The minimum absolute atomic E-state index is 0.241. The lowest BCUT2D eigenvalue weighted by Crippen LogP contribution is -2.64. The van der Waals surface area contributed by atoms with Crippen LogP contribution in [0.2, 0.25) is 0 Å². The van der Waals surface area contributed by atoms with Crippen LogP contribution in [0.15, 0.2) is 0 Å². The molecule has 26 heavy (non-hydrogen) atoms. The first-order valence-electron chi connectivity index (χ1n) is 8.44. The third kappa shape index (κ3) is 10.4. The summed E-state index contributed by atoms with van der Waals surface area (Å²) in [6.07, 6.45) is 0. The number of rotatable bonds is 15. The number of ether oxygens (including phenoxy) is 4. The largest absolute Gasteiger partial charge is 0.399 e. The third-order valence-electron chi connectivity index (χ3n) is 2.29. The standard InChI is InChI=1S/C14H30O8.H4NO2P/c1-7-15-13(16-8-2,21-19-11-5)14(17-9-3,18-10-4)22-20-12-6;1-4(2)3/h7-12H2,1-6H3;2-3H,1H2. The molecular formula is C14H34NO10P. The third-order valence-corrected chi connectivity index (χ3v) is 2.29. The van der Waals surface area contributed by atoms with Crippen LogP contribution in [-0.2, 0) is 38.5 Å². The molecule has 0 radical (unpaired) electrons. The lowest BCUT2D eigenvalue weighted by Gasteiger charge is -2.43. The van der Waals surface area contributed by atoms with E-state index in [0.29, 0.717) is 0 Å². The van der Waals surface area contributed by atoms with Gasteiger partial charge in [-0.15, -0.1) is 0 Å². The second kappa shape index (κ2) is 17.1. The van der Waals surface area contributed by atoms with Gasteiger partial charge in [-0.25, -0.2) is 9.78 Å². The molecule has 0 aromatic rings. The van der Waals surface area contributed by atoms with Crippen molar-refractivity contribution in [2.75, 3.05) is 39.6 Å². The van der Waals surface area contributed by atoms with Gasteiger partial charge < -0.3 is 28.7 Å². The molecule has 0 rings (SSSR count). The molecule has 0 saturated carbocycles. The fourth-order valence-electron chi connectivity index (χ4n) is 1.67. The summed E-state index contributed by atoms with van der Waals surface area (Å²) in [5.74, 6) is -3.79. The first-order chi connectivity index (χ1) is 12.3. The van der Waals surface area contributed by atoms with Crippen molar-refractivity contribution in [3.05, 3.63) is 0 Å². The van der Waals surface area contributed by atoms with E-state index in [0.717, 1.165) is 0 Å². The average molecular weight is 407 g/mol. The Morgan fingerprint density at radius 2 is 0.846 bits per heavy atom. The zero-order valence-electron chi connectivity index (χ0n) is 16.4. The summed E-state index contributed by atoms with van der Waals surface area (Å²) in [5, 5.41) is 0. The maximum Gasteiger partial charge on any atom is 0.399 e. The lowest BCUT2D eigenvalue weighted by molar-refractivity contribution is -0.652. The van der Waals surface area contributed by atoms with Gasteiger partial charge in [0, 0.05) is 0 Å². The van der Waals surface area contributed by atoms with Crippen LogP contribution < -0.4 is 5.50 Å². The molecule has 0 aromatic heterocycles. The van der Waals surface area contributed by atoms with Crippen molar-refractivity contribution < 1.29 is 48.3 Å². The van der Waals surface area contributed by atoms with Crippen molar-refractivity contribution in [1.82, 2.24) is 0 Å². The Bertz CT molecular complexity index is 271. The van der Waals surface area contributed by atoms with E-state index < -0.39 is 20.5 Å². The van der Waals surface area contributed by atoms with E-state index in [1.165, 1.54) is 0 Å². The van der Waals surface area contributed by atoms with E-state index in [4.69, 9.17) is 48.3 Å². The Morgan fingerprint density at radius 3 is 1.00 bits per heavy atom. The van der Waals surface area contributed by atoms with Gasteiger partial charge in [0.15, 0.2) is 0 Å². The van der Waals surface area contributed by atoms with Crippen molar-refractivity contribution in [3.8, 4) is 0 Å². The Hall–Kier alpha value is -0.0100. The maximum absolute atomic E-state index is 7.45. The van der Waals surface area contributed by atoms with Gasteiger partial charge in [0.2, 0.25) is 8.53 Å². The quantitative estimate of drug-likeness (QED) is 0.157. The highest BCUT2D eigenvalue weighted by Gasteiger charge is 2.63. The summed E-state index contributed by atoms with van der Waals surface area (Å²) in [6, 6.07) is 0. The fraction of sp³-hybridized carbons (Fsp3) is 1.00. The van der Waals surface area contributed by atoms with E-state index >= 15 is 0 Å². The second-order valence-corrected chi connectivity index (χ2v) is 4.79. The summed E-state index contributed by atoms with van der Waals surface area (Å²) in [7, 11) is -2.12. The molecule has 0 unspecified atom stereocenters. The highest BCUT2D eigenvalue weighted by atomic mass is 31.2. The predicted octanol–water partition coefficient (Wildman–Crippen LogP) is 1.53. The molecule has 0 atom stereocenters. The van der Waals surface area contributed by atoms with Crippen LogP contribution in [0.5, 0.6) is 0 Å². The molecule has 11 nitrogen and oxygen atoms in total. The SMILES string of the molecule is CCOOC(OCC)(OCC)C(OCC)(OCC)OOCC.NP(O)O. The Labute approximate surface area is 156 Å². The van der Waals surface area contributed by atoms with Gasteiger partial charge in [-0.3, -0.25) is 5.50 Å². The van der Waals surface area contributed by atoms with Crippen molar-refractivity contribution in [1.29, 1.82) is 0 Å². The predicted molar refractivity (Wildman–Crippen MR) is 92.9 cm³/mol. The van der Waals surface area contributed by atoms with E-state index in [1.807, 2.05) is 0 Å². The molecule has 0 aliphatic carbocycles. The molecule has 0 aliphatic heterocycles. The minimum atomic E-state index is -2.12. The van der Waals surface area contributed by atoms with Crippen molar-refractivity contribution in [3.63, 3.8) is 0 Å². The highest BCUT2D eigenvalue weighted by Crippen LogP contribution is 2.36. The van der Waals surface area contributed by atoms with Gasteiger partial charge in [-0.2, -0.15) is 9.78 Å². The van der Waals surface area contributed by atoms with Crippen LogP contribution in [-0.4, -0.2) is 61.4 Å². The molecule has 0 bridgehead atoms. The van der Waals surface area contributed by atoms with Crippen molar-refractivity contribution in [2.24, 2.45) is 5.50 Å². The molecular weight excluding hydrogens is 373 g/mol. The fourth-order valence-corrected chi connectivity index (χ4v) is 1.67. The van der Waals surface area contributed by atoms with Gasteiger partial charge in [-0.05, 0) is 41.5 Å². The van der Waals surface area contributed by atoms with Gasteiger partial charge in [-0.1, -0.05) is 0 Å².